The van der Waals surface area contributed by atoms with Crippen LogP contribution in [-0.4, -0.2) is 166 Å². The molecule has 5 N–H and O–H groups in total. The number of aromatic hydroxyl groups is 1. The molecule has 376 valence electrons. The molecule has 2 aromatic carbocycles. The summed E-state index contributed by atoms with van der Waals surface area (Å²) in [6.07, 6.45) is 12.9. The van der Waals surface area contributed by atoms with E-state index >= 15 is 0 Å². The lowest BCUT2D eigenvalue weighted by Crippen LogP contribution is -2.61. The Hall–Kier alpha value is -5.18. The van der Waals surface area contributed by atoms with Crippen LogP contribution in [0.3, 0.4) is 0 Å². The maximum Gasteiger partial charge on any atom is 0.246 e. The van der Waals surface area contributed by atoms with Gasteiger partial charge < -0.3 is 50.5 Å². The number of phenols is 1. The van der Waals surface area contributed by atoms with Gasteiger partial charge in [-0.05, 0) is 113 Å². The third-order valence-electron chi connectivity index (χ3n) is 16.1. The summed E-state index contributed by atoms with van der Waals surface area (Å²) >= 11 is 6.50. The Morgan fingerprint density at radius 3 is 2.20 bits per heavy atom. The summed E-state index contributed by atoms with van der Waals surface area (Å²) < 4.78 is 5.48. The molecule has 5 aliphatic heterocycles. The molecule has 5 fully saturated rings. The van der Waals surface area contributed by atoms with Crippen LogP contribution in [0.1, 0.15) is 89.7 Å². The van der Waals surface area contributed by atoms with Crippen molar-refractivity contribution in [2.45, 2.75) is 127 Å². The molecule has 1 aromatic heterocycles. The van der Waals surface area contributed by atoms with Crippen LogP contribution >= 0.6 is 11.6 Å². The van der Waals surface area contributed by atoms with Crippen molar-refractivity contribution in [3.8, 4) is 35.1 Å². The number of rotatable bonds is 11. The topological polar surface area (TPSA) is 179 Å². The number of anilines is 2. The second kappa shape index (κ2) is 21.3. The molecule has 4 saturated heterocycles. The fraction of sp³-hybridized carbons (Fsp3) is 0.604. The van der Waals surface area contributed by atoms with E-state index in [1.165, 1.54) is 37.7 Å². The van der Waals surface area contributed by atoms with Crippen LogP contribution < -0.4 is 25.6 Å². The fourth-order valence-corrected chi connectivity index (χ4v) is 12.4. The summed E-state index contributed by atoms with van der Waals surface area (Å²) in [5.74, 6) is 2.88. The van der Waals surface area contributed by atoms with Crippen molar-refractivity contribution < 1.29 is 29.3 Å². The molecule has 1 aliphatic carbocycles. The third-order valence-corrected chi connectivity index (χ3v) is 16.5. The number of terminal acetylenes is 1. The number of β-amino-alcohol motifs (C(OH)–C–C–N with tert-alkyl or cyclic N) is 1. The molecule has 0 unspecified atom stereocenters. The maximum atomic E-state index is 14.3. The van der Waals surface area contributed by atoms with E-state index in [0.717, 1.165) is 89.5 Å². The van der Waals surface area contributed by atoms with Crippen molar-refractivity contribution in [1.82, 2.24) is 40.4 Å². The number of piperazine rings is 1. The van der Waals surface area contributed by atoms with E-state index in [1.807, 2.05) is 39.0 Å². The number of carbonyl (C=O) groups excluding carboxylic acids is 3. The Morgan fingerprint density at radius 1 is 0.871 bits per heavy atom. The summed E-state index contributed by atoms with van der Waals surface area (Å²) in [6, 6.07) is 12.9. The van der Waals surface area contributed by atoms with E-state index in [0.29, 0.717) is 57.3 Å². The Bertz CT molecular complexity index is 2420. The van der Waals surface area contributed by atoms with Gasteiger partial charge in [0.1, 0.15) is 23.6 Å². The molecular formula is C53H71ClN10O6. The van der Waals surface area contributed by atoms with Gasteiger partial charge in [-0.2, -0.15) is 0 Å². The molecule has 3 amide bonds. The van der Waals surface area contributed by atoms with Gasteiger partial charge in [-0.15, -0.1) is 16.6 Å². The molecule has 4 atom stereocenters. The van der Waals surface area contributed by atoms with Gasteiger partial charge in [-0.25, -0.2) is 0 Å². The predicted molar refractivity (Wildman–Crippen MR) is 271 cm³/mol. The lowest BCUT2D eigenvalue weighted by Gasteiger charge is -2.50. The molecule has 0 spiro atoms. The van der Waals surface area contributed by atoms with Crippen molar-refractivity contribution in [1.29, 1.82) is 0 Å². The highest BCUT2D eigenvalue weighted by Gasteiger charge is 2.46. The molecule has 17 heteroatoms. The predicted octanol–water partition coefficient (Wildman–Crippen LogP) is 4.71. The number of amides is 3. The van der Waals surface area contributed by atoms with Crippen LogP contribution in [0.25, 0.3) is 11.3 Å². The second-order valence-corrected chi connectivity index (χ2v) is 21.9. The third kappa shape index (κ3) is 10.7. The maximum absolute atomic E-state index is 14.3. The molecule has 6 aliphatic rings. The summed E-state index contributed by atoms with van der Waals surface area (Å²) in [5, 5.41) is 40.0. The Kier molecular flexibility index (Phi) is 15.1. The van der Waals surface area contributed by atoms with Crippen LogP contribution in [0, 0.1) is 23.7 Å². The number of ether oxygens (including phenoxy) is 1. The average molecular weight is 980 g/mol. The number of hydrogen-bond acceptors (Lipinski definition) is 13. The number of phenolic OH excluding ortho intramolecular Hbond substituents is 1. The highest BCUT2D eigenvalue weighted by Crippen LogP contribution is 2.38. The van der Waals surface area contributed by atoms with Gasteiger partial charge in [0.05, 0.1) is 35.7 Å². The van der Waals surface area contributed by atoms with Crippen molar-refractivity contribution >= 4 is 40.8 Å². The lowest BCUT2D eigenvalue weighted by molar-refractivity contribution is -0.144. The largest absolute Gasteiger partial charge is 0.507 e. The number of halogens is 1. The number of benzene rings is 2. The zero-order valence-electron chi connectivity index (χ0n) is 41.2. The number of nitrogens with one attached hydrogen (secondary N) is 3. The van der Waals surface area contributed by atoms with E-state index in [1.54, 1.807) is 18.2 Å². The van der Waals surface area contributed by atoms with Crippen molar-refractivity contribution in [2.75, 3.05) is 76.2 Å². The highest BCUT2D eigenvalue weighted by molar-refractivity contribution is 6.31. The first-order valence-electron chi connectivity index (χ1n) is 25.5. The SMILES string of the molecule is C#Cc1cc(Cl)c(CNC(=O)[C@@H]2C[C@@H](O)CN2C(=O)[C@@H](NC(=O)C2CCC(N3CCC(N4CCC(N5CCN6c7cc(-c8ccccc8O)nnc7NC[C@H]6C5)CC4)CC3)CC2)C(C)(C)C)c(OC)c1. The quantitative estimate of drug-likeness (QED) is 0.167. The molecule has 0 radical (unpaired) electrons. The van der Waals surface area contributed by atoms with E-state index in [4.69, 9.17) is 22.8 Å². The first kappa shape index (κ1) is 49.8. The molecule has 70 heavy (non-hydrogen) atoms. The minimum Gasteiger partial charge on any atom is -0.507 e. The molecule has 16 nitrogen and oxygen atoms in total. The highest BCUT2D eigenvalue weighted by atomic mass is 35.5. The van der Waals surface area contributed by atoms with Crippen LogP contribution in [-0.2, 0) is 20.9 Å². The van der Waals surface area contributed by atoms with Crippen molar-refractivity contribution in [3.63, 3.8) is 0 Å². The smallest absolute Gasteiger partial charge is 0.246 e. The summed E-state index contributed by atoms with van der Waals surface area (Å²) in [6.45, 7) is 14.0. The lowest BCUT2D eigenvalue weighted by atomic mass is 9.82. The Balaban J connectivity index is 0.712. The molecule has 1 saturated carbocycles. The molecular weight excluding hydrogens is 908 g/mol. The molecule has 3 aromatic rings. The van der Waals surface area contributed by atoms with Gasteiger partial charge in [0.15, 0.2) is 5.82 Å². The molecule has 6 heterocycles. The van der Waals surface area contributed by atoms with Gasteiger partial charge in [-0.3, -0.25) is 19.3 Å². The first-order valence-corrected chi connectivity index (χ1v) is 25.8. The van der Waals surface area contributed by atoms with Crippen LogP contribution in [0.5, 0.6) is 11.5 Å². The zero-order chi connectivity index (χ0) is 49.3. The molecule has 9 rings (SSSR count). The minimum absolute atomic E-state index is 0.00478. The van der Waals surface area contributed by atoms with E-state index in [9.17, 15) is 24.6 Å². The van der Waals surface area contributed by atoms with E-state index in [-0.39, 0.29) is 43.0 Å². The number of piperidine rings is 2. The molecule has 0 bridgehead atoms. The van der Waals surface area contributed by atoms with Crippen LogP contribution in [0.15, 0.2) is 42.5 Å². The van der Waals surface area contributed by atoms with Crippen molar-refractivity contribution in [3.05, 3.63) is 58.6 Å². The summed E-state index contributed by atoms with van der Waals surface area (Å²) in [5.41, 5.74) is 2.90. The summed E-state index contributed by atoms with van der Waals surface area (Å²) in [4.78, 5) is 54.0. The van der Waals surface area contributed by atoms with Crippen molar-refractivity contribution in [2.24, 2.45) is 11.3 Å². The number of likely N-dealkylation sites (tertiary alicyclic amines) is 3. The van der Waals surface area contributed by atoms with Gasteiger partial charge >= 0.3 is 0 Å². The number of fused-ring (bicyclic) bond motifs is 3. The van der Waals surface area contributed by atoms with Gasteiger partial charge in [0, 0.05) is 86.4 Å². The fourth-order valence-electron chi connectivity index (χ4n) is 12.1. The number of methoxy groups -OCH3 is 1. The number of aliphatic hydroxyl groups excluding tert-OH is 1. The normalized spacial score (nSPS) is 25.5. The first-order chi connectivity index (χ1) is 33.7. The van der Waals surface area contributed by atoms with E-state index in [2.05, 4.69) is 57.7 Å². The Labute approximate surface area is 417 Å². The standard InChI is InChI=1S/C53H71ClN10O6/c1-6-33-25-42(54)41(47(26-33)70-5)30-56-51(68)45-27-39(65)32-64(45)52(69)48(53(2,3)4)57-50(67)34-11-13-35(14-12-34)60-19-15-36(16-20-60)61-21-17-37(18-22-61)62-23-24-63-38(31-62)29-55-49-44(63)28-43(58-59-49)40-9-7-8-10-46(40)66/h1,7-10,25-26,28,34-39,45,48,65-66H,11-24,27,29-32H2,2-5H3,(H,55,59)(H,56,68)(H,57,67)/t34?,35?,38-,39+,45-,48+/m0/s1. The summed E-state index contributed by atoms with van der Waals surface area (Å²) in [7, 11) is 1.50. The van der Waals surface area contributed by atoms with Crippen LogP contribution in [0.2, 0.25) is 5.02 Å². The van der Waals surface area contributed by atoms with Crippen LogP contribution in [0.4, 0.5) is 11.5 Å². The van der Waals surface area contributed by atoms with Gasteiger partial charge in [0.2, 0.25) is 17.7 Å². The number of aromatic nitrogens is 2. The number of para-hydroxylation sites is 1. The van der Waals surface area contributed by atoms with Gasteiger partial charge in [0.25, 0.3) is 0 Å². The number of hydrogen-bond donors (Lipinski definition) is 5. The minimum atomic E-state index is -0.920. The zero-order valence-corrected chi connectivity index (χ0v) is 42.0. The van der Waals surface area contributed by atoms with E-state index < -0.39 is 29.5 Å². The average Bonchev–Trinajstić information content (AvgIpc) is 3.78. The Morgan fingerprint density at radius 2 is 1.54 bits per heavy atom. The monoisotopic (exact) mass is 979 g/mol. The van der Waals surface area contributed by atoms with Gasteiger partial charge in [-0.1, -0.05) is 50.4 Å². The number of carbonyl (C=O) groups is 3. The second-order valence-electron chi connectivity index (χ2n) is 21.4. The number of nitrogens with zero attached hydrogens (tertiary/aromatic N) is 7. The number of aliphatic hydroxyl groups is 1.